The van der Waals surface area contributed by atoms with Gasteiger partial charge in [-0.3, -0.25) is 0 Å². The largest absolute Gasteiger partial charge is 0.380 e. The summed E-state index contributed by atoms with van der Waals surface area (Å²) in [5.41, 5.74) is 2.29. The average molecular weight is 316 g/mol. The van der Waals surface area contributed by atoms with Crippen molar-refractivity contribution >= 4 is 17.0 Å². The molecule has 1 fully saturated rings. The molecule has 0 spiro atoms. The van der Waals surface area contributed by atoms with E-state index in [-0.39, 0.29) is 0 Å². The zero-order valence-corrected chi connectivity index (χ0v) is 14.4. The molecule has 2 aromatic rings. The molecular weight excluding hydrogens is 288 g/mol. The predicted octanol–water partition coefficient (Wildman–Crippen LogP) is 2.60. The number of hydrogen-bond donors (Lipinski definition) is 0. The minimum atomic E-state index is 0.745. The molecule has 1 aliphatic rings. The molecule has 0 radical (unpaired) electrons. The second kappa shape index (κ2) is 7.79. The van der Waals surface area contributed by atoms with Gasteiger partial charge in [-0.2, -0.15) is 0 Å². The van der Waals surface area contributed by atoms with E-state index in [1.54, 1.807) is 0 Å². The third-order valence-electron chi connectivity index (χ3n) is 4.44. The SMILES string of the molecule is CCCOCCn1c(N2CCCN(C)CC2)nc2ccccc21. The molecule has 1 aromatic carbocycles. The number of aromatic nitrogens is 2. The van der Waals surface area contributed by atoms with E-state index in [4.69, 9.17) is 9.72 Å². The van der Waals surface area contributed by atoms with Crippen LogP contribution in [0, 0.1) is 0 Å². The van der Waals surface area contributed by atoms with Gasteiger partial charge in [0.25, 0.3) is 0 Å². The van der Waals surface area contributed by atoms with E-state index in [1.165, 1.54) is 11.9 Å². The van der Waals surface area contributed by atoms with E-state index < -0.39 is 0 Å². The second-order valence-electron chi connectivity index (χ2n) is 6.31. The molecule has 0 unspecified atom stereocenters. The molecule has 1 aromatic heterocycles. The fourth-order valence-corrected chi connectivity index (χ4v) is 3.17. The molecule has 0 bridgehead atoms. The maximum absolute atomic E-state index is 5.71. The van der Waals surface area contributed by atoms with Crippen LogP contribution < -0.4 is 4.90 Å². The fraction of sp³-hybridized carbons (Fsp3) is 0.611. The van der Waals surface area contributed by atoms with Crippen LogP contribution in [0.4, 0.5) is 5.95 Å². The lowest BCUT2D eigenvalue weighted by molar-refractivity contribution is 0.128. The van der Waals surface area contributed by atoms with Gasteiger partial charge in [-0.25, -0.2) is 4.98 Å². The van der Waals surface area contributed by atoms with Gasteiger partial charge in [0, 0.05) is 32.8 Å². The minimum Gasteiger partial charge on any atom is -0.380 e. The Hall–Kier alpha value is -1.59. The van der Waals surface area contributed by atoms with Gasteiger partial charge in [-0.1, -0.05) is 19.1 Å². The number of para-hydroxylation sites is 2. The Morgan fingerprint density at radius 2 is 1.96 bits per heavy atom. The quantitative estimate of drug-likeness (QED) is 0.767. The Balaban J connectivity index is 1.85. The molecule has 0 saturated carbocycles. The van der Waals surface area contributed by atoms with Crippen molar-refractivity contribution in [3.05, 3.63) is 24.3 Å². The summed E-state index contributed by atoms with van der Waals surface area (Å²) < 4.78 is 8.04. The van der Waals surface area contributed by atoms with Gasteiger partial charge in [-0.15, -0.1) is 0 Å². The van der Waals surface area contributed by atoms with Crippen LogP contribution in [0.5, 0.6) is 0 Å². The summed E-state index contributed by atoms with van der Waals surface area (Å²) in [5.74, 6) is 1.10. The summed E-state index contributed by atoms with van der Waals surface area (Å²) in [6.45, 7) is 8.95. The predicted molar refractivity (Wildman–Crippen MR) is 95.2 cm³/mol. The van der Waals surface area contributed by atoms with E-state index >= 15 is 0 Å². The van der Waals surface area contributed by atoms with Gasteiger partial charge in [0.05, 0.1) is 17.6 Å². The summed E-state index contributed by atoms with van der Waals surface area (Å²) in [5, 5.41) is 0. The molecule has 0 amide bonds. The second-order valence-corrected chi connectivity index (χ2v) is 6.31. The first-order valence-electron chi connectivity index (χ1n) is 8.76. The zero-order chi connectivity index (χ0) is 16.1. The van der Waals surface area contributed by atoms with Crippen LogP contribution in [0.3, 0.4) is 0 Å². The Kier molecular flexibility index (Phi) is 5.51. The molecule has 1 saturated heterocycles. The van der Waals surface area contributed by atoms with Crippen LogP contribution >= 0.6 is 0 Å². The average Bonchev–Trinajstić information content (AvgIpc) is 2.79. The van der Waals surface area contributed by atoms with Gasteiger partial charge < -0.3 is 19.1 Å². The normalized spacial score (nSPS) is 16.9. The molecule has 126 valence electrons. The van der Waals surface area contributed by atoms with Crippen molar-refractivity contribution in [2.75, 3.05) is 51.3 Å². The Labute approximate surface area is 138 Å². The maximum atomic E-state index is 5.71. The number of nitrogens with zero attached hydrogens (tertiary/aromatic N) is 4. The topological polar surface area (TPSA) is 33.5 Å². The highest BCUT2D eigenvalue weighted by atomic mass is 16.5. The first kappa shape index (κ1) is 16.3. The van der Waals surface area contributed by atoms with Crippen molar-refractivity contribution in [3.63, 3.8) is 0 Å². The maximum Gasteiger partial charge on any atom is 0.206 e. The first-order chi connectivity index (χ1) is 11.3. The zero-order valence-electron chi connectivity index (χ0n) is 14.4. The molecule has 1 aliphatic heterocycles. The molecular formula is C18H28N4O. The highest BCUT2D eigenvalue weighted by molar-refractivity contribution is 5.78. The minimum absolute atomic E-state index is 0.745. The number of likely N-dealkylation sites (N-methyl/N-ethyl adjacent to an activating group) is 1. The Morgan fingerprint density at radius 3 is 2.83 bits per heavy atom. The smallest absolute Gasteiger partial charge is 0.206 e. The number of fused-ring (bicyclic) bond motifs is 1. The van der Waals surface area contributed by atoms with Crippen molar-refractivity contribution in [2.45, 2.75) is 26.3 Å². The van der Waals surface area contributed by atoms with Crippen LogP contribution in [0.25, 0.3) is 11.0 Å². The van der Waals surface area contributed by atoms with E-state index in [2.05, 4.69) is 52.6 Å². The van der Waals surface area contributed by atoms with Crippen molar-refractivity contribution in [1.82, 2.24) is 14.5 Å². The number of anilines is 1. The van der Waals surface area contributed by atoms with Crippen molar-refractivity contribution in [1.29, 1.82) is 0 Å². The van der Waals surface area contributed by atoms with Crippen molar-refractivity contribution in [3.8, 4) is 0 Å². The first-order valence-corrected chi connectivity index (χ1v) is 8.76. The van der Waals surface area contributed by atoms with Gasteiger partial charge in [0.2, 0.25) is 5.95 Å². The highest BCUT2D eigenvalue weighted by Crippen LogP contribution is 2.23. The van der Waals surface area contributed by atoms with Gasteiger partial charge in [0.15, 0.2) is 0 Å². The number of rotatable bonds is 6. The molecule has 5 nitrogen and oxygen atoms in total. The summed E-state index contributed by atoms with van der Waals surface area (Å²) in [6, 6.07) is 8.42. The molecule has 2 heterocycles. The molecule has 23 heavy (non-hydrogen) atoms. The molecule has 0 N–H and O–H groups in total. The van der Waals surface area contributed by atoms with Gasteiger partial charge in [-0.05, 0) is 38.6 Å². The van der Waals surface area contributed by atoms with E-state index in [0.29, 0.717) is 0 Å². The summed E-state index contributed by atoms with van der Waals surface area (Å²) in [7, 11) is 2.20. The van der Waals surface area contributed by atoms with Gasteiger partial charge in [0.1, 0.15) is 0 Å². The Morgan fingerprint density at radius 1 is 1.09 bits per heavy atom. The lowest BCUT2D eigenvalue weighted by atomic mass is 10.3. The lowest BCUT2D eigenvalue weighted by Crippen LogP contribution is -2.31. The Bertz CT molecular complexity index is 625. The van der Waals surface area contributed by atoms with E-state index in [1.807, 2.05) is 0 Å². The molecule has 5 heteroatoms. The third-order valence-corrected chi connectivity index (χ3v) is 4.44. The van der Waals surface area contributed by atoms with E-state index in [9.17, 15) is 0 Å². The molecule has 0 atom stereocenters. The number of imidazole rings is 1. The monoisotopic (exact) mass is 316 g/mol. The number of hydrogen-bond acceptors (Lipinski definition) is 4. The number of ether oxygens (including phenoxy) is 1. The van der Waals surface area contributed by atoms with Crippen molar-refractivity contribution < 1.29 is 4.74 Å². The van der Waals surface area contributed by atoms with E-state index in [0.717, 1.165) is 63.8 Å². The lowest BCUT2D eigenvalue weighted by Gasteiger charge is -2.23. The summed E-state index contributed by atoms with van der Waals surface area (Å²) >= 11 is 0. The summed E-state index contributed by atoms with van der Waals surface area (Å²) in [6.07, 6.45) is 2.25. The van der Waals surface area contributed by atoms with Crippen LogP contribution in [0.1, 0.15) is 19.8 Å². The fourth-order valence-electron chi connectivity index (χ4n) is 3.17. The van der Waals surface area contributed by atoms with Crippen molar-refractivity contribution in [2.24, 2.45) is 0 Å². The summed E-state index contributed by atoms with van der Waals surface area (Å²) in [4.78, 5) is 9.75. The highest BCUT2D eigenvalue weighted by Gasteiger charge is 2.19. The molecule has 3 rings (SSSR count). The van der Waals surface area contributed by atoms with Crippen LogP contribution in [0.2, 0.25) is 0 Å². The number of benzene rings is 1. The standard InChI is InChI=1S/C18H28N4O/c1-3-14-23-15-13-22-17-8-5-4-7-16(17)19-18(22)21-10-6-9-20(2)11-12-21/h4-5,7-8H,3,6,9-15H2,1-2H3. The van der Waals surface area contributed by atoms with Crippen LogP contribution in [-0.4, -0.2) is 60.9 Å². The van der Waals surface area contributed by atoms with Gasteiger partial charge >= 0.3 is 0 Å². The van der Waals surface area contributed by atoms with Crippen LogP contribution in [-0.2, 0) is 11.3 Å². The third kappa shape index (κ3) is 3.85. The van der Waals surface area contributed by atoms with Crippen LogP contribution in [0.15, 0.2) is 24.3 Å². The molecule has 0 aliphatic carbocycles.